The highest BCUT2D eigenvalue weighted by molar-refractivity contribution is 7.89. The van der Waals surface area contributed by atoms with Crippen molar-refractivity contribution >= 4 is 21.7 Å². The Morgan fingerprint density at radius 3 is 2.70 bits per heavy atom. The number of sulfonamides is 1. The molecule has 9 nitrogen and oxygen atoms in total. The number of hydrogen-bond acceptors (Lipinski definition) is 6. The Labute approximate surface area is 132 Å². The van der Waals surface area contributed by atoms with E-state index in [1.54, 1.807) is 0 Å². The average molecular weight is 344 g/mol. The largest absolute Gasteiger partial charge is 0.495 e. The Hall–Kier alpha value is -2.20. The molecule has 126 valence electrons. The van der Waals surface area contributed by atoms with E-state index in [2.05, 4.69) is 0 Å². The highest BCUT2D eigenvalue weighted by atomic mass is 32.2. The summed E-state index contributed by atoms with van der Waals surface area (Å²) in [5.74, 6) is -1.30. The first-order chi connectivity index (χ1) is 10.8. The van der Waals surface area contributed by atoms with E-state index in [0.29, 0.717) is 12.8 Å². The molecule has 1 N–H and O–H groups in total. The summed E-state index contributed by atoms with van der Waals surface area (Å²) in [6.07, 6.45) is 1.33. The number of nitro benzene ring substituents is 1. The third-order valence-electron chi connectivity index (χ3n) is 3.68. The first-order valence-electron chi connectivity index (χ1n) is 6.86. The number of carboxylic acid groups (broad SMARTS) is 1. The van der Waals surface area contributed by atoms with E-state index < -0.39 is 37.5 Å². The summed E-state index contributed by atoms with van der Waals surface area (Å²) in [7, 11) is -2.99. The van der Waals surface area contributed by atoms with Crippen molar-refractivity contribution in [3.63, 3.8) is 0 Å². The molecule has 0 saturated carbocycles. The summed E-state index contributed by atoms with van der Waals surface area (Å²) in [4.78, 5) is 21.1. The van der Waals surface area contributed by atoms with Crippen molar-refractivity contribution in [1.82, 2.24) is 4.31 Å². The summed E-state index contributed by atoms with van der Waals surface area (Å²) in [6.45, 7) is 0.0468. The fraction of sp³-hybridized carbons (Fsp3) is 0.462. The van der Waals surface area contributed by atoms with Gasteiger partial charge in [0.05, 0.1) is 12.0 Å². The molecule has 1 heterocycles. The molecule has 1 atom stereocenters. The van der Waals surface area contributed by atoms with Crippen LogP contribution >= 0.6 is 0 Å². The van der Waals surface area contributed by atoms with Crippen LogP contribution in [-0.4, -0.2) is 48.4 Å². The van der Waals surface area contributed by atoms with Crippen molar-refractivity contribution in [3.05, 3.63) is 28.3 Å². The van der Waals surface area contributed by atoms with Crippen LogP contribution in [0.15, 0.2) is 23.1 Å². The first kappa shape index (κ1) is 17.2. The predicted molar refractivity (Wildman–Crippen MR) is 78.8 cm³/mol. The number of nitrogens with zero attached hydrogens (tertiary/aromatic N) is 2. The topological polar surface area (TPSA) is 127 Å². The Bertz CT molecular complexity index is 732. The molecule has 1 fully saturated rings. The molecule has 23 heavy (non-hydrogen) atoms. The van der Waals surface area contributed by atoms with Gasteiger partial charge in [-0.25, -0.2) is 8.42 Å². The van der Waals surface area contributed by atoms with Gasteiger partial charge >= 0.3 is 5.97 Å². The number of benzene rings is 1. The molecular weight excluding hydrogens is 328 g/mol. The number of carboxylic acids is 1. The quantitative estimate of drug-likeness (QED) is 0.628. The second kappa shape index (κ2) is 6.50. The maximum Gasteiger partial charge on any atom is 0.322 e. The molecule has 0 bridgehead atoms. The summed E-state index contributed by atoms with van der Waals surface area (Å²) in [5.41, 5.74) is -0.409. The molecule has 1 saturated heterocycles. The monoisotopic (exact) mass is 344 g/mol. The van der Waals surface area contributed by atoms with Crippen LogP contribution in [0.4, 0.5) is 5.69 Å². The van der Waals surface area contributed by atoms with Crippen LogP contribution < -0.4 is 4.74 Å². The van der Waals surface area contributed by atoms with E-state index in [4.69, 9.17) is 4.74 Å². The zero-order chi connectivity index (χ0) is 17.2. The van der Waals surface area contributed by atoms with Gasteiger partial charge in [0.15, 0.2) is 0 Å². The molecule has 1 aliphatic rings. The molecule has 1 aromatic rings. The number of methoxy groups -OCH3 is 1. The number of nitro groups is 1. The fourth-order valence-corrected chi connectivity index (χ4v) is 4.37. The summed E-state index contributed by atoms with van der Waals surface area (Å²) in [5, 5.41) is 20.1. The van der Waals surface area contributed by atoms with Crippen LogP contribution in [0.5, 0.6) is 5.75 Å². The molecule has 1 aromatic carbocycles. The van der Waals surface area contributed by atoms with Gasteiger partial charge in [0, 0.05) is 18.7 Å². The number of carbonyl (C=O) groups is 1. The van der Waals surface area contributed by atoms with Crippen molar-refractivity contribution < 1.29 is 28.0 Å². The average Bonchev–Trinajstić information content (AvgIpc) is 2.54. The Morgan fingerprint density at radius 2 is 2.13 bits per heavy atom. The molecule has 0 amide bonds. The Balaban J connectivity index is 2.55. The molecular formula is C13H16N2O7S. The normalized spacial score (nSPS) is 19.3. The second-order valence-electron chi connectivity index (χ2n) is 5.06. The minimum absolute atomic E-state index is 0.0468. The van der Waals surface area contributed by atoms with Gasteiger partial charge in [0.1, 0.15) is 16.7 Å². The highest BCUT2D eigenvalue weighted by Crippen LogP contribution is 2.33. The van der Waals surface area contributed by atoms with Crippen molar-refractivity contribution in [3.8, 4) is 5.75 Å². The number of ether oxygens (including phenoxy) is 1. The highest BCUT2D eigenvalue weighted by Gasteiger charge is 2.39. The van der Waals surface area contributed by atoms with Crippen LogP contribution in [0.1, 0.15) is 19.3 Å². The van der Waals surface area contributed by atoms with Gasteiger partial charge in [-0.05, 0) is 25.3 Å². The van der Waals surface area contributed by atoms with Crippen molar-refractivity contribution in [1.29, 1.82) is 0 Å². The number of aliphatic carboxylic acids is 1. The summed E-state index contributed by atoms with van der Waals surface area (Å²) in [6, 6.07) is 2.02. The maximum atomic E-state index is 12.8. The Kier molecular flexibility index (Phi) is 4.85. The molecule has 1 aliphatic heterocycles. The van der Waals surface area contributed by atoms with Crippen molar-refractivity contribution in [2.75, 3.05) is 13.7 Å². The van der Waals surface area contributed by atoms with Crippen molar-refractivity contribution in [2.24, 2.45) is 0 Å². The molecule has 1 unspecified atom stereocenters. The standard InChI is InChI=1S/C13H16N2O7S/c1-22-11-6-5-9(15(18)19)8-12(11)23(20,21)14-7-3-2-4-10(14)13(16)17/h5-6,8,10H,2-4,7H2,1H3,(H,16,17). The zero-order valence-electron chi connectivity index (χ0n) is 12.3. The van der Waals surface area contributed by atoms with E-state index in [0.717, 1.165) is 16.4 Å². The smallest absolute Gasteiger partial charge is 0.322 e. The number of rotatable bonds is 5. The zero-order valence-corrected chi connectivity index (χ0v) is 13.2. The lowest BCUT2D eigenvalue weighted by Crippen LogP contribution is -2.47. The van der Waals surface area contributed by atoms with Gasteiger partial charge in [0.25, 0.3) is 5.69 Å². The lowest BCUT2D eigenvalue weighted by molar-refractivity contribution is -0.385. The molecule has 0 aromatic heterocycles. The van der Waals surface area contributed by atoms with Gasteiger partial charge in [0.2, 0.25) is 10.0 Å². The third-order valence-corrected chi connectivity index (χ3v) is 5.61. The minimum atomic E-state index is -4.23. The second-order valence-corrected chi connectivity index (χ2v) is 6.92. The Morgan fingerprint density at radius 1 is 1.43 bits per heavy atom. The van der Waals surface area contributed by atoms with Crippen molar-refractivity contribution in [2.45, 2.75) is 30.2 Å². The first-order valence-corrected chi connectivity index (χ1v) is 8.30. The number of hydrogen-bond donors (Lipinski definition) is 1. The van der Waals surface area contributed by atoms with Gasteiger partial charge in [-0.15, -0.1) is 0 Å². The van der Waals surface area contributed by atoms with Crippen LogP contribution in [-0.2, 0) is 14.8 Å². The minimum Gasteiger partial charge on any atom is -0.495 e. The van der Waals surface area contributed by atoms with E-state index in [9.17, 15) is 28.4 Å². The molecule has 0 aliphatic carbocycles. The van der Waals surface area contributed by atoms with Gasteiger partial charge < -0.3 is 9.84 Å². The lowest BCUT2D eigenvalue weighted by atomic mass is 10.1. The van der Waals surface area contributed by atoms with E-state index in [1.165, 1.54) is 13.2 Å². The van der Waals surface area contributed by atoms with Crippen LogP contribution in [0, 0.1) is 10.1 Å². The lowest BCUT2D eigenvalue weighted by Gasteiger charge is -2.32. The van der Waals surface area contributed by atoms with E-state index in [1.807, 2.05) is 0 Å². The van der Waals surface area contributed by atoms with Gasteiger partial charge in [-0.2, -0.15) is 4.31 Å². The number of piperidine rings is 1. The third kappa shape index (κ3) is 3.27. The maximum absolute atomic E-state index is 12.8. The fourth-order valence-electron chi connectivity index (χ4n) is 2.55. The van der Waals surface area contributed by atoms with E-state index in [-0.39, 0.29) is 18.7 Å². The van der Waals surface area contributed by atoms with Crippen LogP contribution in [0.3, 0.4) is 0 Å². The van der Waals surface area contributed by atoms with Crippen LogP contribution in [0.25, 0.3) is 0 Å². The SMILES string of the molecule is COc1ccc([N+](=O)[O-])cc1S(=O)(=O)N1CCCCC1C(=O)O. The van der Waals surface area contributed by atoms with Gasteiger partial charge in [-0.3, -0.25) is 14.9 Å². The van der Waals surface area contributed by atoms with Crippen LogP contribution in [0.2, 0.25) is 0 Å². The number of non-ortho nitro benzene ring substituents is 1. The summed E-state index contributed by atoms with van der Waals surface area (Å²) < 4.78 is 31.5. The molecule has 0 spiro atoms. The summed E-state index contributed by atoms with van der Waals surface area (Å²) >= 11 is 0. The van der Waals surface area contributed by atoms with Gasteiger partial charge in [-0.1, -0.05) is 0 Å². The molecule has 10 heteroatoms. The van der Waals surface area contributed by atoms with E-state index >= 15 is 0 Å². The predicted octanol–water partition coefficient (Wildman–Crippen LogP) is 1.23. The molecule has 2 rings (SSSR count). The molecule has 0 radical (unpaired) electrons.